The Morgan fingerprint density at radius 1 is 1.44 bits per heavy atom. The molecule has 92 valence electrons. The lowest BCUT2D eigenvalue weighted by molar-refractivity contribution is 0.350. The summed E-state index contributed by atoms with van der Waals surface area (Å²) in [7, 11) is 0. The summed E-state index contributed by atoms with van der Waals surface area (Å²) in [6.45, 7) is 0.214. The van der Waals surface area contributed by atoms with Gasteiger partial charge >= 0.3 is 5.69 Å². The van der Waals surface area contributed by atoms with Crippen LogP contribution in [0.4, 0.5) is 0 Å². The molecule has 0 saturated heterocycles. The van der Waals surface area contributed by atoms with Crippen LogP contribution in [0.3, 0.4) is 0 Å². The Kier molecular flexibility index (Phi) is 3.77. The number of aliphatic hydroxyl groups is 1. The van der Waals surface area contributed by atoms with Gasteiger partial charge < -0.3 is 5.11 Å². The lowest BCUT2D eigenvalue weighted by Gasteiger charge is -2.00. The molecule has 0 fully saturated rings. The van der Waals surface area contributed by atoms with Crippen molar-refractivity contribution in [1.29, 1.82) is 0 Å². The smallest absolute Gasteiger partial charge is 0.328 e. The summed E-state index contributed by atoms with van der Waals surface area (Å²) in [6.07, 6.45) is 1.46. The number of hydrogen-bond donors (Lipinski definition) is 2. The van der Waals surface area contributed by atoms with Crippen LogP contribution in [0, 0.1) is 11.8 Å². The van der Waals surface area contributed by atoms with Crippen molar-refractivity contribution in [3.63, 3.8) is 0 Å². The number of hydrogen-bond acceptors (Lipinski definition) is 4. The molecule has 2 rings (SSSR count). The molecule has 6 heteroatoms. The molecule has 0 aliphatic rings. The van der Waals surface area contributed by atoms with Crippen LogP contribution in [0.15, 0.2) is 33.3 Å². The van der Waals surface area contributed by atoms with Crippen LogP contribution in [0.2, 0.25) is 0 Å². The first kappa shape index (κ1) is 12.4. The first-order chi connectivity index (χ1) is 8.69. The molecular formula is C12H10N2O3S. The van der Waals surface area contributed by atoms with E-state index in [0.29, 0.717) is 6.54 Å². The average Bonchev–Trinajstić information content (AvgIpc) is 2.78. The van der Waals surface area contributed by atoms with Crippen molar-refractivity contribution < 1.29 is 5.11 Å². The van der Waals surface area contributed by atoms with Crippen LogP contribution in [-0.4, -0.2) is 21.3 Å². The number of thiophene rings is 1. The van der Waals surface area contributed by atoms with Crippen molar-refractivity contribution in [2.24, 2.45) is 0 Å². The van der Waals surface area contributed by atoms with Gasteiger partial charge in [-0.15, -0.1) is 11.3 Å². The second kappa shape index (κ2) is 5.49. The third-order valence-electron chi connectivity index (χ3n) is 2.19. The highest BCUT2D eigenvalue weighted by Gasteiger charge is 2.01. The number of aromatic amines is 1. The predicted molar refractivity (Wildman–Crippen MR) is 68.7 cm³/mol. The maximum absolute atomic E-state index is 11.5. The van der Waals surface area contributed by atoms with E-state index in [2.05, 4.69) is 16.8 Å². The van der Waals surface area contributed by atoms with Gasteiger partial charge in [0.2, 0.25) is 0 Å². The standard InChI is InChI=1S/C12H10N2O3S/c15-5-1-2-9-6-10(18-8-9)7-14-4-3-11(16)13-12(14)17/h3-4,6,8,15H,5,7H2,(H,13,16,17). The van der Waals surface area contributed by atoms with Gasteiger partial charge in [0.05, 0.1) is 6.54 Å². The highest BCUT2D eigenvalue weighted by molar-refractivity contribution is 7.10. The van der Waals surface area contributed by atoms with E-state index in [1.165, 1.54) is 28.2 Å². The molecule has 18 heavy (non-hydrogen) atoms. The summed E-state index contributed by atoms with van der Waals surface area (Å²) >= 11 is 1.47. The first-order valence-corrected chi connectivity index (χ1v) is 6.04. The fourth-order valence-corrected chi connectivity index (χ4v) is 2.22. The molecule has 5 nitrogen and oxygen atoms in total. The van der Waals surface area contributed by atoms with Crippen molar-refractivity contribution >= 4 is 11.3 Å². The van der Waals surface area contributed by atoms with Gasteiger partial charge in [0, 0.05) is 28.1 Å². The van der Waals surface area contributed by atoms with Crippen molar-refractivity contribution in [3.05, 3.63) is 55.0 Å². The van der Waals surface area contributed by atoms with E-state index in [0.717, 1.165) is 10.4 Å². The first-order valence-electron chi connectivity index (χ1n) is 5.16. The number of aromatic nitrogens is 2. The third-order valence-corrected chi connectivity index (χ3v) is 3.11. The average molecular weight is 262 g/mol. The van der Waals surface area contributed by atoms with Gasteiger partial charge in [0.15, 0.2) is 0 Å². The molecule has 0 unspecified atom stereocenters. The molecule has 2 N–H and O–H groups in total. The fourth-order valence-electron chi connectivity index (χ4n) is 1.41. The molecule has 2 aromatic rings. The molecule has 0 aliphatic heterocycles. The minimum atomic E-state index is -0.432. The monoisotopic (exact) mass is 262 g/mol. The molecule has 2 aromatic heterocycles. The van der Waals surface area contributed by atoms with Gasteiger partial charge in [-0.2, -0.15) is 0 Å². The minimum absolute atomic E-state index is 0.176. The van der Waals surface area contributed by atoms with Gasteiger partial charge in [0.1, 0.15) is 6.61 Å². The highest BCUT2D eigenvalue weighted by Crippen LogP contribution is 2.14. The molecular weight excluding hydrogens is 252 g/mol. The summed E-state index contributed by atoms with van der Waals surface area (Å²) in [6, 6.07) is 3.16. The van der Waals surface area contributed by atoms with Crippen molar-refractivity contribution in [3.8, 4) is 11.8 Å². The maximum Gasteiger partial charge on any atom is 0.328 e. The third kappa shape index (κ3) is 2.97. The lowest BCUT2D eigenvalue weighted by atomic mass is 10.3. The van der Waals surface area contributed by atoms with E-state index < -0.39 is 11.2 Å². The Morgan fingerprint density at radius 3 is 3.00 bits per heavy atom. The highest BCUT2D eigenvalue weighted by atomic mass is 32.1. The summed E-state index contributed by atoms with van der Waals surface area (Å²) in [5.41, 5.74) is -0.0302. The van der Waals surface area contributed by atoms with Gasteiger partial charge in [-0.25, -0.2) is 4.79 Å². The largest absolute Gasteiger partial charge is 0.384 e. The molecule has 0 atom stereocenters. The molecule has 0 aliphatic carbocycles. The second-order valence-corrected chi connectivity index (χ2v) is 4.50. The summed E-state index contributed by atoms with van der Waals surface area (Å²) in [4.78, 5) is 25.5. The van der Waals surface area contributed by atoms with E-state index in [4.69, 9.17) is 5.11 Å². The molecule has 0 amide bonds. The molecule has 0 radical (unpaired) electrons. The molecule has 0 aromatic carbocycles. The second-order valence-electron chi connectivity index (χ2n) is 3.50. The lowest BCUT2D eigenvalue weighted by Crippen LogP contribution is -2.28. The predicted octanol–water partition coefficient (Wildman–Crippen LogP) is -0.00980. The SMILES string of the molecule is O=c1ccn(Cc2cc(C#CCO)cs2)c(=O)[nH]1. The van der Waals surface area contributed by atoms with E-state index in [9.17, 15) is 9.59 Å². The zero-order chi connectivity index (χ0) is 13.0. The van der Waals surface area contributed by atoms with Crippen LogP contribution in [0.25, 0.3) is 0 Å². The van der Waals surface area contributed by atoms with Crippen molar-refractivity contribution in [2.45, 2.75) is 6.54 Å². The van der Waals surface area contributed by atoms with Crippen LogP contribution in [0.1, 0.15) is 10.4 Å². The van der Waals surface area contributed by atoms with Crippen LogP contribution < -0.4 is 11.2 Å². The van der Waals surface area contributed by atoms with Crippen LogP contribution in [0.5, 0.6) is 0 Å². The maximum atomic E-state index is 11.5. The van der Waals surface area contributed by atoms with E-state index in [1.807, 2.05) is 11.4 Å². The van der Waals surface area contributed by atoms with E-state index in [-0.39, 0.29) is 6.61 Å². The number of nitrogens with zero attached hydrogens (tertiary/aromatic N) is 1. The quantitative estimate of drug-likeness (QED) is 0.747. The fraction of sp³-hybridized carbons (Fsp3) is 0.167. The Labute approximate surface area is 106 Å². The molecule has 0 spiro atoms. The number of H-pyrrole nitrogens is 1. The number of nitrogens with one attached hydrogen (secondary N) is 1. The topological polar surface area (TPSA) is 75.1 Å². The number of aliphatic hydroxyl groups excluding tert-OH is 1. The Hall–Kier alpha value is -2.10. The zero-order valence-corrected chi connectivity index (χ0v) is 10.2. The molecule has 0 saturated carbocycles. The summed E-state index contributed by atoms with van der Waals surface area (Å²) in [5.74, 6) is 5.35. The minimum Gasteiger partial charge on any atom is -0.384 e. The van der Waals surface area contributed by atoms with Crippen LogP contribution >= 0.6 is 11.3 Å². The van der Waals surface area contributed by atoms with Gasteiger partial charge in [-0.3, -0.25) is 14.3 Å². The van der Waals surface area contributed by atoms with Gasteiger partial charge in [0.25, 0.3) is 5.56 Å². The molecule has 0 bridgehead atoms. The number of rotatable bonds is 2. The van der Waals surface area contributed by atoms with Gasteiger partial charge in [-0.05, 0) is 6.07 Å². The Bertz CT molecular complexity index is 715. The zero-order valence-electron chi connectivity index (χ0n) is 9.34. The van der Waals surface area contributed by atoms with E-state index in [1.54, 1.807) is 0 Å². The Morgan fingerprint density at radius 2 is 2.28 bits per heavy atom. The summed E-state index contributed by atoms with van der Waals surface area (Å²) < 4.78 is 1.41. The van der Waals surface area contributed by atoms with Crippen molar-refractivity contribution in [1.82, 2.24) is 9.55 Å². The summed E-state index contributed by atoms with van der Waals surface area (Å²) in [5, 5.41) is 10.4. The normalized spacial score (nSPS) is 9.83. The van der Waals surface area contributed by atoms with Gasteiger partial charge in [-0.1, -0.05) is 11.8 Å². The molecule has 2 heterocycles. The van der Waals surface area contributed by atoms with Crippen LogP contribution in [-0.2, 0) is 6.54 Å². The van der Waals surface area contributed by atoms with E-state index >= 15 is 0 Å². The Balaban J connectivity index is 2.21. The van der Waals surface area contributed by atoms with Crippen molar-refractivity contribution in [2.75, 3.05) is 6.61 Å².